The second kappa shape index (κ2) is 10.2. The Morgan fingerprint density at radius 1 is 1.00 bits per heavy atom. The third kappa shape index (κ3) is 5.13. The molecule has 3 heterocycles. The molecule has 1 saturated heterocycles. The van der Waals surface area contributed by atoms with Crippen LogP contribution in [-0.4, -0.2) is 45.5 Å². The van der Waals surface area contributed by atoms with E-state index in [0.717, 1.165) is 42.5 Å². The number of carbonyl (C=O) groups excluding carboxylic acids is 1. The summed E-state index contributed by atoms with van der Waals surface area (Å²) < 4.78 is 28.9. The number of likely N-dealkylation sites (tertiary alicyclic amines) is 1. The monoisotopic (exact) mass is 519 g/mol. The molecule has 0 atom stereocenters. The van der Waals surface area contributed by atoms with Crippen LogP contribution in [-0.2, 0) is 6.54 Å². The number of carbonyl (C=O) groups is 1. The molecule has 0 bridgehead atoms. The second-order valence-corrected chi connectivity index (χ2v) is 10.5. The van der Waals surface area contributed by atoms with Gasteiger partial charge in [0, 0.05) is 50.8 Å². The second-order valence-electron chi connectivity index (χ2n) is 10.5. The van der Waals surface area contributed by atoms with Crippen molar-refractivity contribution in [2.75, 3.05) is 18.4 Å². The highest BCUT2D eigenvalue weighted by Crippen LogP contribution is 2.41. The van der Waals surface area contributed by atoms with E-state index in [1.54, 1.807) is 12.4 Å². The predicted octanol–water partition coefficient (Wildman–Crippen LogP) is 6.82. The number of alkyl halides is 2. The van der Waals surface area contributed by atoms with Crippen molar-refractivity contribution in [3.8, 4) is 5.69 Å². The number of anilines is 1. The molecule has 2 aromatic carbocycles. The van der Waals surface area contributed by atoms with Crippen LogP contribution in [0.15, 0.2) is 79.3 Å². The maximum absolute atomic E-state index is 13.3. The first kappa shape index (κ1) is 24.6. The number of hydrogen-bond donors (Lipinski definition) is 2. The first-order valence-electron chi connectivity index (χ1n) is 13.2. The number of fused-ring (bicyclic) bond motifs is 1. The minimum Gasteiger partial charge on any atom is -0.334 e. The zero-order valence-electron chi connectivity index (χ0n) is 21.1. The zero-order chi connectivity index (χ0) is 26.1. The third-order valence-corrected chi connectivity index (χ3v) is 7.84. The molecule has 200 valence electrons. The maximum Gasteiger partial charge on any atom is 0.319 e. The fraction of sp³-hybridized carbons (Fsp3) is 0.333. The van der Waals surface area contributed by atoms with Crippen LogP contribution < -0.4 is 10.6 Å². The van der Waals surface area contributed by atoms with E-state index < -0.39 is 5.92 Å². The average molecular weight is 520 g/mol. The Labute approximate surface area is 223 Å². The van der Waals surface area contributed by atoms with Gasteiger partial charge in [-0.25, -0.2) is 13.6 Å². The standard InChI is InChI=1S/C30H31F2N5O.2H2/c31-30(32)19-36(20-30)24-11-7-22(8-12-24)27-18-37(28-6-2-1-5-26(27)28)25-13-9-23(10-14-25)35-29(38)34-17-21-4-3-15-33-16-21;;/h1-6,9-10,13-16,18,22,24H,7-8,11-12,17,19-20H2,(H2,34,35,38);2*1H. The molecule has 6 rings (SSSR count). The minimum absolute atomic E-state index is 0. The quantitative estimate of drug-likeness (QED) is 0.294. The molecule has 4 aromatic rings. The summed E-state index contributed by atoms with van der Waals surface area (Å²) in [5.41, 5.74) is 5.13. The molecule has 2 N–H and O–H groups in total. The number of urea groups is 1. The SMILES string of the molecule is O=C(NCc1cccnc1)Nc1ccc(-n2cc(C3CCC(N4CC(F)(F)C4)CC3)c3ccccc32)cc1.[HH].[HH]. The van der Waals surface area contributed by atoms with E-state index >= 15 is 0 Å². The van der Waals surface area contributed by atoms with Gasteiger partial charge in [-0.3, -0.25) is 9.88 Å². The number of pyridine rings is 1. The number of benzene rings is 2. The van der Waals surface area contributed by atoms with E-state index in [1.165, 1.54) is 10.9 Å². The lowest BCUT2D eigenvalue weighted by molar-refractivity contribution is -0.150. The smallest absolute Gasteiger partial charge is 0.319 e. The van der Waals surface area contributed by atoms with Crippen molar-refractivity contribution in [2.45, 2.75) is 50.1 Å². The lowest BCUT2D eigenvalue weighted by Crippen LogP contribution is -2.60. The van der Waals surface area contributed by atoms with E-state index in [2.05, 4.69) is 44.6 Å². The van der Waals surface area contributed by atoms with Gasteiger partial charge in [-0.2, -0.15) is 0 Å². The maximum atomic E-state index is 13.3. The van der Waals surface area contributed by atoms with Gasteiger partial charge in [0.05, 0.1) is 18.6 Å². The van der Waals surface area contributed by atoms with Gasteiger partial charge in [-0.15, -0.1) is 0 Å². The number of nitrogens with one attached hydrogen (secondary N) is 2. The summed E-state index contributed by atoms with van der Waals surface area (Å²) in [5.74, 6) is -2.08. The van der Waals surface area contributed by atoms with Gasteiger partial charge < -0.3 is 15.2 Å². The summed E-state index contributed by atoms with van der Waals surface area (Å²) in [6.45, 7) is 0.236. The van der Waals surface area contributed by atoms with Crippen LogP contribution >= 0.6 is 0 Å². The van der Waals surface area contributed by atoms with Gasteiger partial charge in [0.15, 0.2) is 0 Å². The Bertz CT molecular complexity index is 1420. The third-order valence-electron chi connectivity index (χ3n) is 7.84. The molecule has 6 nitrogen and oxygen atoms in total. The zero-order valence-corrected chi connectivity index (χ0v) is 21.1. The number of nitrogens with zero attached hydrogens (tertiary/aromatic N) is 3. The van der Waals surface area contributed by atoms with Crippen LogP contribution in [0.2, 0.25) is 0 Å². The molecule has 8 heteroatoms. The van der Waals surface area contributed by atoms with E-state index in [4.69, 9.17) is 0 Å². The summed E-state index contributed by atoms with van der Waals surface area (Å²) in [6, 6.07) is 20.0. The fourth-order valence-electron chi connectivity index (χ4n) is 5.87. The summed E-state index contributed by atoms with van der Waals surface area (Å²) in [5, 5.41) is 6.96. The fourth-order valence-corrected chi connectivity index (χ4v) is 5.87. The number of rotatable bonds is 6. The van der Waals surface area contributed by atoms with Gasteiger partial charge in [-0.05, 0) is 79.1 Å². The Balaban J connectivity index is 0.00000185. The topological polar surface area (TPSA) is 62.2 Å². The Morgan fingerprint density at radius 2 is 1.76 bits per heavy atom. The molecule has 38 heavy (non-hydrogen) atoms. The molecular formula is C30H35F2N5O. The number of hydrogen-bond acceptors (Lipinski definition) is 3. The van der Waals surface area contributed by atoms with E-state index in [0.29, 0.717) is 18.2 Å². The number of amides is 2. The molecule has 1 aliphatic heterocycles. The Kier molecular flexibility index (Phi) is 6.57. The lowest BCUT2D eigenvalue weighted by atomic mass is 9.80. The van der Waals surface area contributed by atoms with E-state index in [1.807, 2.05) is 47.4 Å². The van der Waals surface area contributed by atoms with Crippen molar-refractivity contribution in [3.63, 3.8) is 0 Å². The summed E-state index contributed by atoms with van der Waals surface area (Å²) in [6.07, 6.45) is 9.61. The largest absolute Gasteiger partial charge is 0.334 e. The average Bonchev–Trinajstić information content (AvgIpc) is 3.31. The highest BCUT2D eigenvalue weighted by molar-refractivity contribution is 5.89. The molecular weight excluding hydrogens is 484 g/mol. The van der Waals surface area contributed by atoms with Gasteiger partial charge in [-0.1, -0.05) is 24.3 Å². The molecule has 1 aliphatic carbocycles. The molecule has 0 unspecified atom stereocenters. The molecule has 2 aliphatic rings. The van der Waals surface area contributed by atoms with Crippen LogP contribution in [0.1, 0.15) is 45.6 Å². The van der Waals surface area contributed by atoms with E-state index in [9.17, 15) is 13.6 Å². The van der Waals surface area contributed by atoms with Crippen LogP contribution in [0, 0.1) is 0 Å². The first-order valence-corrected chi connectivity index (χ1v) is 13.2. The van der Waals surface area contributed by atoms with Crippen molar-refractivity contribution < 1.29 is 16.4 Å². The molecule has 0 radical (unpaired) electrons. The summed E-state index contributed by atoms with van der Waals surface area (Å²) >= 11 is 0. The van der Waals surface area contributed by atoms with Gasteiger partial charge in [0.2, 0.25) is 0 Å². The summed E-state index contributed by atoms with van der Waals surface area (Å²) in [4.78, 5) is 18.3. The number of aromatic nitrogens is 2. The van der Waals surface area contributed by atoms with Crippen LogP contribution in [0.4, 0.5) is 19.3 Å². The van der Waals surface area contributed by atoms with Crippen molar-refractivity contribution in [1.82, 2.24) is 19.8 Å². The molecule has 1 saturated carbocycles. The minimum atomic E-state index is -2.50. The van der Waals surface area contributed by atoms with Gasteiger partial charge in [0.25, 0.3) is 5.92 Å². The number of halogens is 2. The van der Waals surface area contributed by atoms with Crippen molar-refractivity contribution >= 4 is 22.6 Å². The van der Waals surface area contributed by atoms with Crippen LogP contribution in [0.25, 0.3) is 16.6 Å². The van der Waals surface area contributed by atoms with Crippen molar-refractivity contribution in [2.24, 2.45) is 0 Å². The molecule has 2 fully saturated rings. The summed E-state index contributed by atoms with van der Waals surface area (Å²) in [7, 11) is 0. The highest BCUT2D eigenvalue weighted by Gasteiger charge is 2.47. The Hall–Kier alpha value is -3.78. The molecule has 2 aromatic heterocycles. The predicted molar refractivity (Wildman–Crippen MR) is 149 cm³/mol. The normalized spacial score (nSPS) is 21.1. The van der Waals surface area contributed by atoms with Gasteiger partial charge in [0.1, 0.15) is 0 Å². The van der Waals surface area contributed by atoms with Crippen LogP contribution in [0.5, 0.6) is 0 Å². The van der Waals surface area contributed by atoms with Crippen LogP contribution in [0.3, 0.4) is 0 Å². The molecule has 2 amide bonds. The first-order chi connectivity index (χ1) is 18.4. The highest BCUT2D eigenvalue weighted by atomic mass is 19.3. The lowest BCUT2D eigenvalue weighted by Gasteiger charge is -2.46. The number of para-hydroxylation sites is 1. The van der Waals surface area contributed by atoms with Crippen molar-refractivity contribution in [1.29, 1.82) is 0 Å². The van der Waals surface area contributed by atoms with E-state index in [-0.39, 0.29) is 28.0 Å². The van der Waals surface area contributed by atoms with Gasteiger partial charge >= 0.3 is 6.03 Å². The molecule has 0 spiro atoms. The van der Waals surface area contributed by atoms with Crippen molar-refractivity contribution in [3.05, 3.63) is 90.4 Å². The Morgan fingerprint density at radius 3 is 2.47 bits per heavy atom.